The molecule has 0 heterocycles. The Hall–Kier alpha value is -2.32. The van der Waals surface area contributed by atoms with E-state index in [2.05, 4.69) is 10.6 Å². The first kappa shape index (κ1) is 21.4. The number of benzene rings is 2. The fourth-order valence-electron chi connectivity index (χ4n) is 3.36. The molecule has 4 nitrogen and oxygen atoms in total. The predicted octanol–water partition coefficient (Wildman–Crippen LogP) is 4.96. The molecule has 1 aliphatic carbocycles. The number of thiocarbonyl (C=S) groups is 1. The van der Waals surface area contributed by atoms with Gasteiger partial charge in [0.2, 0.25) is 0 Å². The molecule has 0 aliphatic heterocycles. The van der Waals surface area contributed by atoms with Crippen LogP contribution in [0.3, 0.4) is 0 Å². The van der Waals surface area contributed by atoms with E-state index in [1.54, 1.807) is 18.2 Å². The predicted molar refractivity (Wildman–Crippen MR) is 109 cm³/mol. The summed E-state index contributed by atoms with van der Waals surface area (Å²) in [4.78, 5) is 13.0. The number of anilines is 1. The maximum atomic E-state index is 13.8. The van der Waals surface area contributed by atoms with Crippen molar-refractivity contribution in [3.8, 4) is 5.75 Å². The van der Waals surface area contributed by atoms with Crippen LogP contribution in [0, 0.1) is 17.5 Å². The van der Waals surface area contributed by atoms with E-state index >= 15 is 0 Å². The lowest BCUT2D eigenvalue weighted by Crippen LogP contribution is -2.46. The maximum Gasteiger partial charge on any atom is 0.171 e. The lowest BCUT2D eigenvalue weighted by atomic mass is 9.80. The van der Waals surface area contributed by atoms with Crippen molar-refractivity contribution in [1.29, 1.82) is 0 Å². The Kier molecular flexibility index (Phi) is 6.64. The highest BCUT2D eigenvalue weighted by atomic mass is 35.5. The van der Waals surface area contributed by atoms with Gasteiger partial charge in [-0.3, -0.25) is 4.79 Å². The number of carbonyl (C=O) groups excluding carboxylic acids is 1. The van der Waals surface area contributed by atoms with Crippen LogP contribution in [0.1, 0.15) is 30.7 Å². The summed E-state index contributed by atoms with van der Waals surface area (Å²) in [5, 5.41) is 5.72. The van der Waals surface area contributed by atoms with E-state index < -0.39 is 23.5 Å². The summed E-state index contributed by atoms with van der Waals surface area (Å²) in [6, 6.07) is 5.70. The first-order valence-corrected chi connectivity index (χ1v) is 9.68. The molecule has 9 heteroatoms. The molecule has 0 bridgehead atoms. The van der Waals surface area contributed by atoms with Gasteiger partial charge < -0.3 is 15.4 Å². The first-order chi connectivity index (χ1) is 13.8. The van der Waals surface area contributed by atoms with E-state index in [1.807, 2.05) is 0 Å². The van der Waals surface area contributed by atoms with E-state index in [0.29, 0.717) is 35.7 Å². The van der Waals surface area contributed by atoms with Crippen molar-refractivity contribution in [3.63, 3.8) is 0 Å². The maximum absolute atomic E-state index is 13.8. The van der Waals surface area contributed by atoms with Gasteiger partial charge in [-0.15, -0.1) is 0 Å². The van der Waals surface area contributed by atoms with Crippen molar-refractivity contribution >= 4 is 40.4 Å². The van der Waals surface area contributed by atoms with Crippen LogP contribution >= 0.6 is 23.8 Å². The molecule has 2 unspecified atom stereocenters. The van der Waals surface area contributed by atoms with Crippen molar-refractivity contribution < 1.29 is 22.7 Å². The minimum atomic E-state index is -1.30. The van der Waals surface area contributed by atoms with Gasteiger partial charge in [0.15, 0.2) is 22.5 Å². The molecule has 2 N–H and O–H groups in total. The van der Waals surface area contributed by atoms with Gasteiger partial charge in [0.25, 0.3) is 0 Å². The number of methoxy groups -OCH3 is 1. The molecule has 154 valence electrons. The Balaban J connectivity index is 1.70. The van der Waals surface area contributed by atoms with Crippen molar-refractivity contribution in [2.45, 2.75) is 31.2 Å². The number of halogens is 4. The fourth-order valence-corrected chi connectivity index (χ4v) is 3.80. The Morgan fingerprint density at radius 3 is 2.59 bits per heavy atom. The molecular formula is C20H18ClF3N2O2S. The van der Waals surface area contributed by atoms with Crippen LogP contribution in [-0.2, 0) is 4.79 Å². The average Bonchev–Trinajstić information content (AvgIpc) is 2.68. The summed E-state index contributed by atoms with van der Waals surface area (Å²) in [5.41, 5.74) is 0.469. The monoisotopic (exact) mass is 442 g/mol. The van der Waals surface area contributed by atoms with E-state index in [1.165, 1.54) is 7.11 Å². The molecule has 0 aromatic heterocycles. The lowest BCUT2D eigenvalue weighted by Gasteiger charge is -2.29. The second-order valence-electron chi connectivity index (χ2n) is 6.68. The van der Waals surface area contributed by atoms with Crippen LogP contribution in [0.25, 0.3) is 0 Å². The van der Waals surface area contributed by atoms with Gasteiger partial charge in [0.1, 0.15) is 11.6 Å². The largest absolute Gasteiger partial charge is 0.495 e. The average molecular weight is 443 g/mol. The number of Topliss-reactive ketones (excluding diaryl/α,β-unsaturated/α-hetero) is 1. The number of rotatable bonds is 4. The number of hydrogen-bond acceptors (Lipinski definition) is 3. The summed E-state index contributed by atoms with van der Waals surface area (Å²) in [6.07, 6.45) is 1.98. The van der Waals surface area contributed by atoms with Gasteiger partial charge in [-0.1, -0.05) is 17.7 Å². The standard InChI is InChI=1S/C20H18ClF3N2O2S/c1-28-18-7-10(5-6-12(18)21)11-3-2-4-16(19(11)27)25-20(29)26-17-9-14(23)13(22)8-15(17)24/h5-9,11,16H,2-4H2,1H3,(H2,25,26,29). The number of hydrogen-bond donors (Lipinski definition) is 2. The summed E-state index contributed by atoms with van der Waals surface area (Å²) in [7, 11) is 1.50. The van der Waals surface area contributed by atoms with Gasteiger partial charge in [-0.05, 0) is 49.2 Å². The molecular weight excluding hydrogens is 425 g/mol. The Labute approximate surface area is 176 Å². The third kappa shape index (κ3) is 4.82. The minimum absolute atomic E-state index is 0.0532. The van der Waals surface area contributed by atoms with Gasteiger partial charge >= 0.3 is 0 Å². The van der Waals surface area contributed by atoms with Crippen LogP contribution in [0.5, 0.6) is 5.75 Å². The molecule has 1 aliphatic rings. The molecule has 2 aromatic rings. The summed E-state index contributed by atoms with van der Waals surface area (Å²) in [6.45, 7) is 0. The first-order valence-electron chi connectivity index (χ1n) is 8.89. The van der Waals surface area contributed by atoms with E-state index in [-0.39, 0.29) is 22.5 Å². The smallest absolute Gasteiger partial charge is 0.171 e. The quantitative estimate of drug-likeness (QED) is 0.518. The highest BCUT2D eigenvalue weighted by Crippen LogP contribution is 2.34. The van der Waals surface area contributed by atoms with Crippen molar-refractivity contribution in [3.05, 3.63) is 58.4 Å². The molecule has 0 saturated heterocycles. The van der Waals surface area contributed by atoms with Crippen LogP contribution in [-0.4, -0.2) is 24.0 Å². The van der Waals surface area contributed by atoms with E-state index in [9.17, 15) is 18.0 Å². The number of ketones is 1. The summed E-state index contributed by atoms with van der Waals surface area (Å²) < 4.78 is 45.4. The van der Waals surface area contributed by atoms with Crippen molar-refractivity contribution in [2.75, 3.05) is 12.4 Å². The highest BCUT2D eigenvalue weighted by molar-refractivity contribution is 7.80. The molecule has 0 radical (unpaired) electrons. The van der Waals surface area contributed by atoms with Crippen molar-refractivity contribution in [2.24, 2.45) is 0 Å². The second-order valence-corrected chi connectivity index (χ2v) is 7.49. The van der Waals surface area contributed by atoms with Crippen LogP contribution in [0.15, 0.2) is 30.3 Å². The normalized spacial score (nSPS) is 19.0. The number of nitrogens with one attached hydrogen (secondary N) is 2. The van der Waals surface area contributed by atoms with Crippen LogP contribution < -0.4 is 15.4 Å². The zero-order chi connectivity index (χ0) is 21.1. The van der Waals surface area contributed by atoms with Gasteiger partial charge in [0, 0.05) is 18.1 Å². The summed E-state index contributed by atoms with van der Waals surface area (Å²) in [5.74, 6) is -3.45. The van der Waals surface area contributed by atoms with Crippen molar-refractivity contribution in [1.82, 2.24) is 5.32 Å². The van der Waals surface area contributed by atoms with Crippen LogP contribution in [0.4, 0.5) is 18.9 Å². The molecule has 2 atom stereocenters. The van der Waals surface area contributed by atoms with Gasteiger partial charge in [-0.25, -0.2) is 13.2 Å². The Morgan fingerprint density at radius 1 is 1.14 bits per heavy atom. The Bertz CT molecular complexity index is 958. The van der Waals surface area contributed by atoms with E-state index in [4.69, 9.17) is 28.6 Å². The summed E-state index contributed by atoms with van der Waals surface area (Å²) >= 11 is 11.2. The molecule has 3 rings (SSSR count). The SMILES string of the molecule is COc1cc(C2CCCC(NC(=S)Nc3cc(F)c(F)cc3F)C2=O)ccc1Cl. The minimum Gasteiger partial charge on any atom is -0.495 e. The zero-order valence-corrected chi connectivity index (χ0v) is 17.0. The molecule has 2 aromatic carbocycles. The number of ether oxygens (including phenoxy) is 1. The molecule has 0 amide bonds. The molecule has 1 saturated carbocycles. The zero-order valence-electron chi connectivity index (χ0n) is 15.4. The number of carbonyl (C=O) groups is 1. The molecule has 1 fully saturated rings. The molecule has 29 heavy (non-hydrogen) atoms. The van der Waals surface area contributed by atoms with E-state index in [0.717, 1.165) is 12.0 Å². The lowest BCUT2D eigenvalue weighted by molar-refractivity contribution is -0.123. The Morgan fingerprint density at radius 2 is 1.86 bits per heavy atom. The third-order valence-corrected chi connectivity index (χ3v) is 5.35. The topological polar surface area (TPSA) is 50.4 Å². The third-order valence-electron chi connectivity index (χ3n) is 4.81. The van der Waals surface area contributed by atoms with Gasteiger partial charge in [-0.2, -0.15) is 0 Å². The second kappa shape index (κ2) is 9.00. The van der Waals surface area contributed by atoms with Gasteiger partial charge in [0.05, 0.1) is 23.9 Å². The molecule has 0 spiro atoms. The van der Waals surface area contributed by atoms with Crippen LogP contribution in [0.2, 0.25) is 5.02 Å². The fraction of sp³-hybridized carbons (Fsp3) is 0.300. The highest BCUT2D eigenvalue weighted by Gasteiger charge is 2.33.